The highest BCUT2D eigenvalue weighted by atomic mass is 32.2. The third kappa shape index (κ3) is 4.33. The van der Waals surface area contributed by atoms with E-state index in [0.29, 0.717) is 18.0 Å². The third-order valence-electron chi connectivity index (χ3n) is 3.89. The Bertz CT molecular complexity index is 456. The maximum atomic E-state index is 4.81. The average molecular weight is 308 g/mol. The number of nitrogens with zero attached hydrogens (tertiary/aromatic N) is 3. The summed E-state index contributed by atoms with van der Waals surface area (Å²) in [5.74, 6) is 3.77. The number of rotatable bonds is 6. The van der Waals surface area contributed by atoms with Gasteiger partial charge in [-0.1, -0.05) is 27.7 Å². The first-order valence-corrected chi connectivity index (χ1v) is 9.04. The zero-order chi connectivity index (χ0) is 15.4. The van der Waals surface area contributed by atoms with Crippen LogP contribution in [-0.2, 0) is 6.54 Å². The zero-order valence-corrected chi connectivity index (χ0v) is 14.7. The predicted octanol–water partition coefficient (Wildman–Crippen LogP) is 3.04. The van der Waals surface area contributed by atoms with Crippen molar-refractivity contribution in [2.75, 3.05) is 23.5 Å². The maximum absolute atomic E-state index is 4.81. The fourth-order valence-corrected chi connectivity index (χ4v) is 3.72. The molecule has 0 spiro atoms. The second kappa shape index (κ2) is 7.45. The van der Waals surface area contributed by atoms with Crippen LogP contribution in [0, 0.1) is 0 Å². The first-order valence-electron chi connectivity index (χ1n) is 7.88. The Labute approximate surface area is 133 Å². The molecule has 0 aromatic carbocycles. The summed E-state index contributed by atoms with van der Waals surface area (Å²) in [5.41, 5.74) is 2.31. The molecule has 5 heteroatoms. The van der Waals surface area contributed by atoms with Crippen molar-refractivity contribution in [3.05, 3.63) is 17.7 Å². The third-order valence-corrected chi connectivity index (χ3v) is 5.04. The van der Waals surface area contributed by atoms with E-state index >= 15 is 0 Å². The van der Waals surface area contributed by atoms with Crippen molar-refractivity contribution < 1.29 is 0 Å². The lowest BCUT2D eigenvalue weighted by Gasteiger charge is -2.28. The molecule has 0 radical (unpaired) electrons. The van der Waals surface area contributed by atoms with Crippen LogP contribution in [0.4, 0.5) is 5.69 Å². The van der Waals surface area contributed by atoms with Crippen LogP contribution >= 0.6 is 11.8 Å². The normalized spacial score (nSPS) is 18.7. The van der Waals surface area contributed by atoms with Crippen LogP contribution in [0.15, 0.2) is 6.20 Å². The molecule has 0 saturated carbocycles. The molecule has 1 saturated heterocycles. The maximum Gasteiger partial charge on any atom is 0.131 e. The molecule has 0 amide bonds. The van der Waals surface area contributed by atoms with Gasteiger partial charge in [-0.05, 0) is 12.2 Å². The van der Waals surface area contributed by atoms with E-state index in [1.807, 2.05) is 18.0 Å². The van der Waals surface area contributed by atoms with Gasteiger partial charge in [0.15, 0.2) is 0 Å². The molecule has 1 unspecified atom stereocenters. The largest absolute Gasteiger partial charge is 0.368 e. The van der Waals surface area contributed by atoms with Crippen LogP contribution in [0.5, 0.6) is 0 Å². The van der Waals surface area contributed by atoms with E-state index in [4.69, 9.17) is 4.98 Å². The second-order valence-corrected chi connectivity index (χ2v) is 7.53. The molecule has 2 rings (SSSR count). The Balaban J connectivity index is 2.24. The molecule has 0 bridgehead atoms. The molecule has 4 nitrogen and oxygen atoms in total. The molecule has 1 aromatic rings. The van der Waals surface area contributed by atoms with E-state index in [-0.39, 0.29) is 0 Å². The summed E-state index contributed by atoms with van der Waals surface area (Å²) in [4.78, 5) is 11.8. The zero-order valence-electron chi connectivity index (χ0n) is 13.9. The fraction of sp³-hybridized carbons (Fsp3) is 0.750. The summed E-state index contributed by atoms with van der Waals surface area (Å²) < 4.78 is 0. The molecule has 1 atom stereocenters. The lowest BCUT2D eigenvalue weighted by atomic mass is 10.1. The number of nitrogens with one attached hydrogen (secondary N) is 1. The van der Waals surface area contributed by atoms with E-state index in [2.05, 4.69) is 49.9 Å². The first-order chi connectivity index (χ1) is 9.99. The highest BCUT2D eigenvalue weighted by molar-refractivity contribution is 7.99. The van der Waals surface area contributed by atoms with Gasteiger partial charge in [-0.25, -0.2) is 9.97 Å². The number of hydrogen-bond acceptors (Lipinski definition) is 5. The van der Waals surface area contributed by atoms with E-state index in [1.54, 1.807) is 0 Å². The highest BCUT2D eigenvalue weighted by Gasteiger charge is 2.23. The van der Waals surface area contributed by atoms with Gasteiger partial charge in [-0.2, -0.15) is 11.8 Å². The fourth-order valence-electron chi connectivity index (χ4n) is 2.45. The Morgan fingerprint density at radius 3 is 2.71 bits per heavy atom. The van der Waals surface area contributed by atoms with Gasteiger partial charge in [0, 0.05) is 37.3 Å². The van der Waals surface area contributed by atoms with Gasteiger partial charge in [0.05, 0.1) is 17.6 Å². The Kier molecular flexibility index (Phi) is 5.88. The molecule has 21 heavy (non-hydrogen) atoms. The van der Waals surface area contributed by atoms with Crippen molar-refractivity contribution in [2.45, 2.75) is 58.7 Å². The standard InChI is InChI=1S/C16H28N4S/c1-11(2)16-18-9-15(14(19-16)8-17-12(3)4)20(5)13-6-7-21-10-13/h9,11-13,17H,6-8,10H2,1-5H3. The van der Waals surface area contributed by atoms with Gasteiger partial charge in [0.1, 0.15) is 5.82 Å². The molecular formula is C16H28N4S. The van der Waals surface area contributed by atoms with Crippen molar-refractivity contribution in [1.82, 2.24) is 15.3 Å². The SMILES string of the molecule is CC(C)NCc1nc(C(C)C)ncc1N(C)C1CCSC1. The molecule has 0 aliphatic carbocycles. The molecule has 1 fully saturated rings. The van der Waals surface area contributed by atoms with Crippen molar-refractivity contribution >= 4 is 17.4 Å². The molecule has 1 N–H and O–H groups in total. The molecule has 1 aromatic heterocycles. The molecule has 2 heterocycles. The quantitative estimate of drug-likeness (QED) is 0.875. The summed E-state index contributed by atoms with van der Waals surface area (Å²) >= 11 is 2.04. The molecular weight excluding hydrogens is 280 g/mol. The number of hydrogen-bond donors (Lipinski definition) is 1. The van der Waals surface area contributed by atoms with Crippen molar-refractivity contribution in [3.8, 4) is 0 Å². The number of anilines is 1. The van der Waals surface area contributed by atoms with Crippen LogP contribution in [-0.4, -0.2) is 40.6 Å². The minimum absolute atomic E-state index is 0.365. The molecule has 1 aliphatic rings. The predicted molar refractivity (Wildman–Crippen MR) is 92.2 cm³/mol. The molecule has 1 aliphatic heterocycles. The second-order valence-electron chi connectivity index (χ2n) is 6.38. The number of aromatic nitrogens is 2. The number of thioether (sulfide) groups is 1. The van der Waals surface area contributed by atoms with E-state index < -0.39 is 0 Å². The van der Waals surface area contributed by atoms with Crippen LogP contribution in [0.2, 0.25) is 0 Å². The summed E-state index contributed by atoms with van der Waals surface area (Å²) in [7, 11) is 2.18. The summed E-state index contributed by atoms with van der Waals surface area (Å²) in [6.45, 7) is 9.43. The monoisotopic (exact) mass is 308 g/mol. The summed E-state index contributed by atoms with van der Waals surface area (Å²) in [6, 6.07) is 1.07. The van der Waals surface area contributed by atoms with Gasteiger partial charge in [0.2, 0.25) is 0 Å². The van der Waals surface area contributed by atoms with Crippen LogP contribution in [0.1, 0.15) is 51.6 Å². The van der Waals surface area contributed by atoms with Crippen molar-refractivity contribution in [1.29, 1.82) is 0 Å². The van der Waals surface area contributed by atoms with Crippen LogP contribution in [0.25, 0.3) is 0 Å². The van der Waals surface area contributed by atoms with E-state index in [0.717, 1.165) is 18.1 Å². The minimum Gasteiger partial charge on any atom is -0.368 e. The van der Waals surface area contributed by atoms with Gasteiger partial charge in [-0.15, -0.1) is 0 Å². The lowest BCUT2D eigenvalue weighted by molar-refractivity contribution is 0.573. The lowest BCUT2D eigenvalue weighted by Crippen LogP contribution is -2.33. The average Bonchev–Trinajstić information content (AvgIpc) is 2.98. The first kappa shape index (κ1) is 16.6. The Morgan fingerprint density at radius 2 is 2.14 bits per heavy atom. The summed E-state index contributed by atoms with van der Waals surface area (Å²) in [6.07, 6.45) is 3.27. The van der Waals surface area contributed by atoms with Crippen LogP contribution < -0.4 is 10.2 Å². The van der Waals surface area contributed by atoms with E-state index in [9.17, 15) is 0 Å². The van der Waals surface area contributed by atoms with E-state index in [1.165, 1.54) is 23.6 Å². The topological polar surface area (TPSA) is 41.1 Å². The molecule has 118 valence electrons. The van der Waals surface area contributed by atoms with Crippen molar-refractivity contribution in [2.24, 2.45) is 0 Å². The van der Waals surface area contributed by atoms with Gasteiger partial charge >= 0.3 is 0 Å². The van der Waals surface area contributed by atoms with Gasteiger partial charge in [-0.3, -0.25) is 0 Å². The van der Waals surface area contributed by atoms with Crippen LogP contribution in [0.3, 0.4) is 0 Å². The smallest absolute Gasteiger partial charge is 0.131 e. The highest BCUT2D eigenvalue weighted by Crippen LogP contribution is 2.28. The Morgan fingerprint density at radius 1 is 1.38 bits per heavy atom. The Hall–Kier alpha value is -0.810. The van der Waals surface area contributed by atoms with Gasteiger partial charge in [0.25, 0.3) is 0 Å². The summed E-state index contributed by atoms with van der Waals surface area (Å²) in [5, 5.41) is 3.49. The minimum atomic E-state index is 0.365. The van der Waals surface area contributed by atoms with Crippen molar-refractivity contribution in [3.63, 3.8) is 0 Å². The van der Waals surface area contributed by atoms with Gasteiger partial charge < -0.3 is 10.2 Å².